The van der Waals surface area contributed by atoms with Crippen molar-refractivity contribution in [2.75, 3.05) is 5.73 Å². The summed E-state index contributed by atoms with van der Waals surface area (Å²) in [6.45, 7) is 0. The fraction of sp³-hybridized carbons (Fsp3) is 0. The summed E-state index contributed by atoms with van der Waals surface area (Å²) in [7, 11) is 0. The summed E-state index contributed by atoms with van der Waals surface area (Å²) in [4.78, 5) is 16.5. The molecule has 0 unspecified atom stereocenters. The van der Waals surface area contributed by atoms with Gasteiger partial charge in [-0.05, 0) is 36.4 Å². The molecule has 8 heteroatoms. The standard InChI is InChI=1S/C24H16FN7/c25-18-4-2-1-3-15(18)23-16-9-21(30-19(16)5-6-28-23)24-17-8-20(29-12-22(17)31-32-24)13-7-14(26)11-27-10-13/h1-12,30H,26H2,(H,31,32). The number of fused-ring (bicyclic) bond motifs is 2. The molecule has 6 aromatic rings. The smallest absolute Gasteiger partial charge is 0.132 e. The van der Waals surface area contributed by atoms with Crippen LogP contribution in [0.2, 0.25) is 0 Å². The molecular weight excluding hydrogens is 405 g/mol. The number of anilines is 1. The molecular formula is C24H16FN7. The Balaban J connectivity index is 1.52. The monoisotopic (exact) mass is 421 g/mol. The number of nitrogen functional groups attached to an aromatic ring is 1. The van der Waals surface area contributed by atoms with Crippen molar-refractivity contribution in [3.8, 4) is 33.9 Å². The van der Waals surface area contributed by atoms with E-state index in [-0.39, 0.29) is 5.82 Å². The normalized spacial score (nSPS) is 11.4. The second-order valence-corrected chi connectivity index (χ2v) is 7.48. The number of pyridine rings is 3. The molecule has 5 aromatic heterocycles. The number of halogens is 1. The predicted octanol–water partition coefficient (Wildman–Crippen LogP) is 4.95. The van der Waals surface area contributed by atoms with Gasteiger partial charge in [0.15, 0.2) is 0 Å². The summed E-state index contributed by atoms with van der Waals surface area (Å²) in [6, 6.07) is 14.2. The first-order chi connectivity index (χ1) is 15.7. The van der Waals surface area contributed by atoms with Crippen LogP contribution >= 0.6 is 0 Å². The van der Waals surface area contributed by atoms with Crippen molar-refractivity contribution in [2.24, 2.45) is 0 Å². The van der Waals surface area contributed by atoms with Crippen LogP contribution in [-0.2, 0) is 0 Å². The van der Waals surface area contributed by atoms with Crippen molar-refractivity contribution >= 4 is 27.5 Å². The molecule has 0 saturated heterocycles. The zero-order valence-electron chi connectivity index (χ0n) is 16.7. The van der Waals surface area contributed by atoms with E-state index in [1.54, 1.807) is 43.0 Å². The molecule has 0 amide bonds. The second kappa shape index (κ2) is 6.98. The molecule has 0 aliphatic rings. The van der Waals surface area contributed by atoms with Gasteiger partial charge in [0.2, 0.25) is 0 Å². The molecule has 6 rings (SSSR count). The Morgan fingerprint density at radius 1 is 0.844 bits per heavy atom. The molecule has 7 nitrogen and oxygen atoms in total. The van der Waals surface area contributed by atoms with E-state index >= 15 is 0 Å². The zero-order valence-corrected chi connectivity index (χ0v) is 16.7. The first kappa shape index (κ1) is 18.2. The maximum Gasteiger partial charge on any atom is 0.132 e. The first-order valence-electron chi connectivity index (χ1n) is 9.95. The van der Waals surface area contributed by atoms with E-state index in [4.69, 9.17) is 5.73 Å². The minimum Gasteiger partial charge on any atom is -0.397 e. The molecule has 0 saturated carbocycles. The number of aromatic nitrogens is 6. The maximum absolute atomic E-state index is 14.4. The van der Waals surface area contributed by atoms with Crippen molar-refractivity contribution in [1.82, 2.24) is 30.1 Å². The van der Waals surface area contributed by atoms with Gasteiger partial charge in [-0.1, -0.05) is 12.1 Å². The third-order valence-corrected chi connectivity index (χ3v) is 5.43. The maximum atomic E-state index is 14.4. The van der Waals surface area contributed by atoms with Gasteiger partial charge in [0.05, 0.1) is 34.5 Å². The lowest BCUT2D eigenvalue weighted by Crippen LogP contribution is -1.89. The molecule has 0 bridgehead atoms. The largest absolute Gasteiger partial charge is 0.397 e. The average Bonchev–Trinajstić information content (AvgIpc) is 3.43. The molecule has 0 fully saturated rings. The highest BCUT2D eigenvalue weighted by Gasteiger charge is 2.16. The Morgan fingerprint density at radius 2 is 1.72 bits per heavy atom. The number of H-pyrrole nitrogens is 2. The Kier molecular flexibility index (Phi) is 3.97. The average molecular weight is 421 g/mol. The quantitative estimate of drug-likeness (QED) is 0.374. The molecule has 5 heterocycles. The third-order valence-electron chi connectivity index (χ3n) is 5.43. The van der Waals surface area contributed by atoms with Gasteiger partial charge in [-0.3, -0.25) is 20.1 Å². The van der Waals surface area contributed by atoms with Crippen LogP contribution in [0.15, 0.2) is 73.3 Å². The van der Waals surface area contributed by atoms with E-state index in [0.717, 1.165) is 44.5 Å². The number of nitrogens with zero attached hydrogens (tertiary/aromatic N) is 4. The molecule has 154 valence electrons. The summed E-state index contributed by atoms with van der Waals surface area (Å²) in [5.41, 5.74) is 12.2. The first-order valence-corrected chi connectivity index (χ1v) is 9.95. The highest BCUT2D eigenvalue weighted by atomic mass is 19.1. The topological polar surface area (TPSA) is 109 Å². The lowest BCUT2D eigenvalue weighted by atomic mass is 10.1. The Hall–Kier alpha value is -4.59. The van der Waals surface area contributed by atoms with Crippen LogP contribution in [-0.4, -0.2) is 30.1 Å². The van der Waals surface area contributed by atoms with Crippen LogP contribution in [0, 0.1) is 5.82 Å². The summed E-state index contributed by atoms with van der Waals surface area (Å²) in [5, 5.41) is 9.24. The summed E-state index contributed by atoms with van der Waals surface area (Å²) in [6.07, 6.45) is 6.72. The zero-order chi connectivity index (χ0) is 21.7. The lowest BCUT2D eigenvalue weighted by molar-refractivity contribution is 0.631. The molecule has 4 N–H and O–H groups in total. The van der Waals surface area contributed by atoms with Gasteiger partial charge in [-0.25, -0.2) is 4.39 Å². The second-order valence-electron chi connectivity index (χ2n) is 7.48. The van der Waals surface area contributed by atoms with Crippen LogP contribution < -0.4 is 5.73 Å². The van der Waals surface area contributed by atoms with Crippen LogP contribution in [0.25, 0.3) is 55.7 Å². The Bertz CT molecular complexity index is 1620. The third kappa shape index (κ3) is 2.89. The Morgan fingerprint density at radius 3 is 2.59 bits per heavy atom. The lowest BCUT2D eigenvalue weighted by Gasteiger charge is -2.03. The SMILES string of the molecule is Nc1cncc(-c2cc3c(-c4cc5c(-c6ccccc6F)nccc5[nH]4)n[nH]c3cn2)c1. The van der Waals surface area contributed by atoms with E-state index < -0.39 is 0 Å². The highest BCUT2D eigenvalue weighted by Crippen LogP contribution is 2.34. The van der Waals surface area contributed by atoms with Gasteiger partial charge in [-0.2, -0.15) is 5.10 Å². The molecule has 32 heavy (non-hydrogen) atoms. The molecule has 1 aromatic carbocycles. The molecule has 0 aliphatic carbocycles. The van der Waals surface area contributed by atoms with Crippen LogP contribution in [0.3, 0.4) is 0 Å². The highest BCUT2D eigenvalue weighted by molar-refractivity contribution is 6.00. The van der Waals surface area contributed by atoms with Crippen LogP contribution in [0.5, 0.6) is 0 Å². The molecule has 0 aliphatic heterocycles. The number of hydrogen-bond acceptors (Lipinski definition) is 5. The molecule has 0 atom stereocenters. The number of rotatable bonds is 3. The van der Waals surface area contributed by atoms with Gasteiger partial charge < -0.3 is 10.7 Å². The van der Waals surface area contributed by atoms with Crippen molar-refractivity contribution in [2.45, 2.75) is 0 Å². The van der Waals surface area contributed by atoms with E-state index in [1.165, 1.54) is 6.07 Å². The minimum absolute atomic E-state index is 0.313. The number of aromatic amines is 2. The number of nitrogens with one attached hydrogen (secondary N) is 2. The van der Waals surface area contributed by atoms with E-state index in [9.17, 15) is 4.39 Å². The number of benzene rings is 1. The van der Waals surface area contributed by atoms with Gasteiger partial charge >= 0.3 is 0 Å². The van der Waals surface area contributed by atoms with Crippen molar-refractivity contribution in [3.63, 3.8) is 0 Å². The number of nitrogens with two attached hydrogens (primary N) is 1. The van der Waals surface area contributed by atoms with E-state index in [1.807, 2.05) is 24.3 Å². The summed E-state index contributed by atoms with van der Waals surface area (Å²) >= 11 is 0. The van der Waals surface area contributed by atoms with Gasteiger partial charge in [0.25, 0.3) is 0 Å². The van der Waals surface area contributed by atoms with Gasteiger partial charge in [0, 0.05) is 46.0 Å². The number of hydrogen-bond donors (Lipinski definition) is 3. The van der Waals surface area contributed by atoms with Crippen molar-refractivity contribution in [3.05, 3.63) is 79.1 Å². The van der Waals surface area contributed by atoms with Gasteiger partial charge in [0.1, 0.15) is 11.5 Å². The van der Waals surface area contributed by atoms with E-state index in [2.05, 4.69) is 30.1 Å². The summed E-state index contributed by atoms with van der Waals surface area (Å²) < 4.78 is 14.4. The molecule has 0 spiro atoms. The van der Waals surface area contributed by atoms with Gasteiger partial charge in [-0.15, -0.1) is 0 Å². The Labute approximate surface area is 181 Å². The van der Waals surface area contributed by atoms with Crippen LogP contribution in [0.4, 0.5) is 10.1 Å². The van der Waals surface area contributed by atoms with Crippen molar-refractivity contribution in [1.29, 1.82) is 0 Å². The predicted molar refractivity (Wildman–Crippen MR) is 122 cm³/mol. The molecule has 0 radical (unpaired) electrons. The minimum atomic E-state index is -0.313. The fourth-order valence-electron chi connectivity index (χ4n) is 3.93. The summed E-state index contributed by atoms with van der Waals surface area (Å²) in [5.74, 6) is -0.313. The van der Waals surface area contributed by atoms with Crippen LogP contribution in [0.1, 0.15) is 0 Å². The fourth-order valence-corrected chi connectivity index (χ4v) is 3.93. The van der Waals surface area contributed by atoms with E-state index in [0.29, 0.717) is 16.9 Å². The van der Waals surface area contributed by atoms with Crippen molar-refractivity contribution < 1.29 is 4.39 Å².